The summed E-state index contributed by atoms with van der Waals surface area (Å²) < 4.78 is 0. The van der Waals surface area contributed by atoms with Gasteiger partial charge in [0.2, 0.25) is 5.65 Å². The second-order valence-corrected chi connectivity index (χ2v) is 3.66. The number of nitrogens with one attached hydrogen (secondary N) is 1. The molecule has 0 bridgehead atoms. The molecule has 0 saturated heterocycles. The number of hydrogen-bond donors (Lipinski definition) is 1. The summed E-state index contributed by atoms with van der Waals surface area (Å²) in [6.45, 7) is 0. The Morgan fingerprint density at radius 3 is 3.00 bits per heavy atom. The van der Waals surface area contributed by atoms with E-state index >= 15 is 0 Å². The molecule has 0 aromatic carbocycles. The van der Waals surface area contributed by atoms with E-state index in [9.17, 15) is 4.79 Å². The molecule has 0 unspecified atom stereocenters. The minimum atomic E-state index is -0.278. The molecule has 2 aromatic heterocycles. The molecule has 0 spiro atoms. The van der Waals surface area contributed by atoms with Gasteiger partial charge in [-0.05, 0) is 24.5 Å². The molecule has 1 saturated carbocycles. The lowest BCUT2D eigenvalue weighted by atomic mass is 10.00. The predicted octanol–water partition coefficient (Wildman–Crippen LogP) is 0.583. The van der Waals surface area contributed by atoms with Gasteiger partial charge in [0.25, 0.3) is 0 Å². The van der Waals surface area contributed by atoms with E-state index in [2.05, 4.69) is 20.4 Å². The average molecular weight is 188 g/mol. The summed E-state index contributed by atoms with van der Waals surface area (Å²) in [5, 5.41) is 10.3. The van der Waals surface area contributed by atoms with Crippen molar-refractivity contribution in [3.05, 3.63) is 17.8 Å². The first-order chi connectivity index (χ1) is 6.84. The lowest BCUT2D eigenvalue weighted by molar-refractivity contribution is -0.109. The number of rotatable bonds is 2. The van der Waals surface area contributed by atoms with Crippen LogP contribution in [0.4, 0.5) is 0 Å². The van der Waals surface area contributed by atoms with E-state index in [1.54, 1.807) is 6.20 Å². The van der Waals surface area contributed by atoms with E-state index in [1.807, 2.05) is 6.07 Å². The van der Waals surface area contributed by atoms with Gasteiger partial charge in [0.15, 0.2) is 0 Å². The zero-order valence-corrected chi connectivity index (χ0v) is 7.40. The van der Waals surface area contributed by atoms with Crippen LogP contribution < -0.4 is 0 Å². The SMILES string of the molecule is O=CC1(c2cnc3n[nH]nc3c2)CC1. The summed E-state index contributed by atoms with van der Waals surface area (Å²) in [4.78, 5) is 15.0. The topological polar surface area (TPSA) is 71.5 Å². The maximum Gasteiger partial charge on any atom is 0.201 e. The van der Waals surface area contributed by atoms with Crippen molar-refractivity contribution >= 4 is 17.5 Å². The van der Waals surface area contributed by atoms with Gasteiger partial charge in [-0.3, -0.25) is 0 Å². The number of aromatic amines is 1. The number of nitrogens with zero attached hydrogens (tertiary/aromatic N) is 3. The monoisotopic (exact) mass is 188 g/mol. The van der Waals surface area contributed by atoms with Gasteiger partial charge in [0.1, 0.15) is 11.8 Å². The molecule has 0 radical (unpaired) electrons. The van der Waals surface area contributed by atoms with Crippen molar-refractivity contribution in [1.82, 2.24) is 20.4 Å². The largest absolute Gasteiger partial charge is 0.302 e. The van der Waals surface area contributed by atoms with Gasteiger partial charge in [-0.25, -0.2) is 4.98 Å². The van der Waals surface area contributed by atoms with Gasteiger partial charge in [-0.2, -0.15) is 10.3 Å². The highest BCUT2D eigenvalue weighted by molar-refractivity contribution is 5.77. The summed E-state index contributed by atoms with van der Waals surface area (Å²) >= 11 is 0. The molecule has 0 amide bonds. The molecule has 0 atom stereocenters. The fourth-order valence-electron chi connectivity index (χ4n) is 1.62. The quantitative estimate of drug-likeness (QED) is 0.700. The van der Waals surface area contributed by atoms with E-state index in [-0.39, 0.29) is 5.41 Å². The maximum atomic E-state index is 10.9. The first kappa shape index (κ1) is 7.61. The summed E-state index contributed by atoms with van der Waals surface area (Å²) in [6, 6.07) is 1.88. The Hall–Kier alpha value is -1.78. The van der Waals surface area contributed by atoms with Crippen LogP contribution in [0.2, 0.25) is 0 Å². The molecule has 3 rings (SSSR count). The fraction of sp³-hybridized carbons (Fsp3) is 0.333. The van der Waals surface area contributed by atoms with Crippen molar-refractivity contribution in [2.45, 2.75) is 18.3 Å². The molecule has 5 heteroatoms. The summed E-state index contributed by atoms with van der Waals surface area (Å²) in [5.41, 5.74) is 1.99. The Morgan fingerprint density at radius 2 is 2.29 bits per heavy atom. The van der Waals surface area contributed by atoms with Gasteiger partial charge in [-0.15, -0.1) is 5.10 Å². The minimum Gasteiger partial charge on any atom is -0.302 e. The second-order valence-electron chi connectivity index (χ2n) is 3.66. The van der Waals surface area contributed by atoms with Gasteiger partial charge in [0, 0.05) is 6.20 Å². The molecule has 1 N–H and O–H groups in total. The van der Waals surface area contributed by atoms with Gasteiger partial charge < -0.3 is 4.79 Å². The standard InChI is InChI=1S/C9H8N4O/c14-5-9(1-2-9)6-3-7-8(10-4-6)12-13-11-7/h3-5H,1-2H2,(H,10,11,12,13). The van der Waals surface area contributed by atoms with Crippen LogP contribution in [-0.4, -0.2) is 26.7 Å². The van der Waals surface area contributed by atoms with Gasteiger partial charge in [-0.1, -0.05) is 0 Å². The highest BCUT2D eigenvalue weighted by Gasteiger charge is 2.44. The molecule has 0 aliphatic heterocycles. The molecule has 5 nitrogen and oxygen atoms in total. The Morgan fingerprint density at radius 1 is 1.43 bits per heavy atom. The lowest BCUT2D eigenvalue weighted by Crippen LogP contribution is -2.07. The molecule has 70 valence electrons. The molecule has 2 heterocycles. The average Bonchev–Trinajstić information content (AvgIpc) is 2.89. The lowest BCUT2D eigenvalue weighted by Gasteiger charge is -2.04. The van der Waals surface area contributed by atoms with E-state index in [0.29, 0.717) is 5.65 Å². The fourth-order valence-corrected chi connectivity index (χ4v) is 1.62. The van der Waals surface area contributed by atoms with Crippen LogP contribution in [0.15, 0.2) is 12.3 Å². The molecule has 1 aliphatic carbocycles. The van der Waals surface area contributed by atoms with E-state index < -0.39 is 0 Å². The Labute approximate surface area is 79.5 Å². The normalized spacial score (nSPS) is 18.3. The molecular weight excluding hydrogens is 180 g/mol. The maximum absolute atomic E-state index is 10.9. The van der Waals surface area contributed by atoms with Crippen molar-refractivity contribution in [1.29, 1.82) is 0 Å². The van der Waals surface area contributed by atoms with Crippen LogP contribution in [0.3, 0.4) is 0 Å². The Kier molecular flexibility index (Phi) is 1.29. The Bertz CT molecular complexity index is 500. The van der Waals surface area contributed by atoms with Crippen molar-refractivity contribution in [3.63, 3.8) is 0 Å². The number of H-pyrrole nitrogens is 1. The Balaban J connectivity index is 2.18. The second kappa shape index (κ2) is 2.37. The molecule has 1 fully saturated rings. The number of aldehydes is 1. The third-order valence-electron chi connectivity index (χ3n) is 2.76. The number of pyridine rings is 1. The van der Waals surface area contributed by atoms with E-state index in [0.717, 1.165) is 30.2 Å². The number of aromatic nitrogens is 4. The van der Waals surface area contributed by atoms with Crippen molar-refractivity contribution < 1.29 is 4.79 Å². The predicted molar refractivity (Wildman–Crippen MR) is 48.7 cm³/mol. The van der Waals surface area contributed by atoms with E-state index in [1.165, 1.54) is 0 Å². The van der Waals surface area contributed by atoms with Crippen LogP contribution in [0.1, 0.15) is 18.4 Å². The van der Waals surface area contributed by atoms with Crippen LogP contribution in [0.25, 0.3) is 11.2 Å². The molecule has 2 aromatic rings. The van der Waals surface area contributed by atoms with Crippen molar-refractivity contribution in [3.8, 4) is 0 Å². The van der Waals surface area contributed by atoms with Crippen molar-refractivity contribution in [2.24, 2.45) is 0 Å². The summed E-state index contributed by atoms with van der Waals surface area (Å²) in [7, 11) is 0. The van der Waals surface area contributed by atoms with Crippen molar-refractivity contribution in [2.75, 3.05) is 0 Å². The van der Waals surface area contributed by atoms with Crippen LogP contribution in [-0.2, 0) is 10.2 Å². The highest BCUT2D eigenvalue weighted by atomic mass is 16.1. The zero-order valence-electron chi connectivity index (χ0n) is 7.40. The third-order valence-corrected chi connectivity index (χ3v) is 2.76. The number of fused-ring (bicyclic) bond motifs is 1. The van der Waals surface area contributed by atoms with E-state index in [4.69, 9.17) is 0 Å². The molecule has 1 aliphatic rings. The molecular formula is C9H8N4O. The number of hydrogen-bond acceptors (Lipinski definition) is 4. The first-order valence-corrected chi connectivity index (χ1v) is 4.47. The third kappa shape index (κ3) is 0.891. The first-order valence-electron chi connectivity index (χ1n) is 4.47. The summed E-state index contributed by atoms with van der Waals surface area (Å²) in [5.74, 6) is 0. The molecule has 14 heavy (non-hydrogen) atoms. The summed E-state index contributed by atoms with van der Waals surface area (Å²) in [6.07, 6.45) is 4.56. The van der Waals surface area contributed by atoms with Crippen LogP contribution >= 0.6 is 0 Å². The number of carbonyl (C=O) groups is 1. The zero-order chi connectivity index (χ0) is 9.60. The number of carbonyl (C=O) groups excluding carboxylic acids is 1. The van der Waals surface area contributed by atoms with Crippen LogP contribution in [0, 0.1) is 0 Å². The van der Waals surface area contributed by atoms with Crippen LogP contribution in [0.5, 0.6) is 0 Å². The van der Waals surface area contributed by atoms with Gasteiger partial charge >= 0.3 is 0 Å². The van der Waals surface area contributed by atoms with Gasteiger partial charge in [0.05, 0.1) is 5.41 Å². The minimum absolute atomic E-state index is 0.278. The smallest absolute Gasteiger partial charge is 0.201 e. The highest BCUT2D eigenvalue weighted by Crippen LogP contribution is 2.46.